The van der Waals surface area contributed by atoms with E-state index in [9.17, 15) is 4.79 Å². The van der Waals surface area contributed by atoms with Crippen LogP contribution >= 0.6 is 0 Å². The summed E-state index contributed by atoms with van der Waals surface area (Å²) < 4.78 is 10.3. The van der Waals surface area contributed by atoms with Crippen LogP contribution in [-0.4, -0.2) is 44.2 Å². The van der Waals surface area contributed by atoms with Gasteiger partial charge in [0.1, 0.15) is 5.75 Å². The lowest BCUT2D eigenvalue weighted by Gasteiger charge is -2.06. The molecule has 0 amide bonds. The molecule has 1 aromatic heterocycles. The van der Waals surface area contributed by atoms with Gasteiger partial charge >= 0.3 is 0 Å². The van der Waals surface area contributed by atoms with Gasteiger partial charge in [-0.25, -0.2) is 0 Å². The second-order valence-electron chi connectivity index (χ2n) is 3.85. The Morgan fingerprint density at radius 3 is 2.94 bits per heavy atom. The number of nitrogens with one attached hydrogen (secondary N) is 1. The van der Waals surface area contributed by atoms with Gasteiger partial charge in [-0.1, -0.05) is 6.92 Å². The van der Waals surface area contributed by atoms with E-state index in [1.54, 1.807) is 25.6 Å². The number of hydrogen-bond donors (Lipinski definition) is 1. The predicted octanol–water partition coefficient (Wildman–Crippen LogP) is 1.29. The first-order valence-electron chi connectivity index (χ1n) is 6.08. The van der Waals surface area contributed by atoms with Crippen molar-refractivity contribution in [3.8, 4) is 5.75 Å². The first-order chi connectivity index (χ1) is 8.77. The van der Waals surface area contributed by atoms with E-state index in [0.29, 0.717) is 31.1 Å². The fraction of sp³-hybridized carbons (Fsp3) is 0.538. The van der Waals surface area contributed by atoms with Crippen LogP contribution in [0.25, 0.3) is 0 Å². The van der Waals surface area contributed by atoms with Crippen molar-refractivity contribution in [3.05, 3.63) is 24.0 Å². The van der Waals surface area contributed by atoms with Crippen molar-refractivity contribution in [1.29, 1.82) is 0 Å². The normalized spacial score (nSPS) is 10.3. The van der Waals surface area contributed by atoms with Gasteiger partial charge < -0.3 is 14.8 Å². The first-order valence-corrected chi connectivity index (χ1v) is 6.08. The van der Waals surface area contributed by atoms with Crippen LogP contribution in [0, 0.1) is 0 Å². The van der Waals surface area contributed by atoms with E-state index in [1.807, 2.05) is 6.92 Å². The fourth-order valence-corrected chi connectivity index (χ4v) is 1.35. The zero-order chi connectivity index (χ0) is 13.2. The largest absolute Gasteiger partial charge is 0.492 e. The minimum absolute atomic E-state index is 0.000511. The number of nitrogens with zero attached hydrogens (tertiary/aromatic N) is 1. The Morgan fingerprint density at radius 2 is 2.22 bits per heavy atom. The van der Waals surface area contributed by atoms with Crippen LogP contribution in [0.2, 0.25) is 0 Å². The van der Waals surface area contributed by atoms with Gasteiger partial charge in [0, 0.05) is 25.4 Å². The number of carbonyl (C=O) groups is 1. The highest BCUT2D eigenvalue weighted by Crippen LogP contribution is 2.11. The van der Waals surface area contributed by atoms with Gasteiger partial charge in [-0.2, -0.15) is 0 Å². The standard InChI is InChI=1S/C13H20N2O3/c1-3-5-18-12-7-11(8-15-9-12)13(16)10-14-4-6-17-2/h7-9,14H,3-6,10H2,1-2H3. The second kappa shape index (κ2) is 8.60. The van der Waals surface area contributed by atoms with Crippen LogP contribution in [0.4, 0.5) is 0 Å². The summed E-state index contributed by atoms with van der Waals surface area (Å²) in [5.41, 5.74) is 0.563. The average Bonchev–Trinajstić information content (AvgIpc) is 2.41. The molecule has 5 nitrogen and oxygen atoms in total. The molecule has 5 heteroatoms. The highest BCUT2D eigenvalue weighted by Gasteiger charge is 2.07. The number of methoxy groups -OCH3 is 1. The van der Waals surface area contributed by atoms with Crippen molar-refractivity contribution in [3.63, 3.8) is 0 Å². The van der Waals surface area contributed by atoms with Crippen molar-refractivity contribution in [2.75, 3.05) is 33.4 Å². The highest BCUT2D eigenvalue weighted by atomic mass is 16.5. The molecule has 0 aliphatic carbocycles. The zero-order valence-corrected chi connectivity index (χ0v) is 10.9. The van der Waals surface area contributed by atoms with E-state index in [1.165, 1.54) is 0 Å². The molecule has 18 heavy (non-hydrogen) atoms. The van der Waals surface area contributed by atoms with Gasteiger partial charge in [-0.05, 0) is 12.5 Å². The smallest absolute Gasteiger partial charge is 0.178 e. The van der Waals surface area contributed by atoms with Gasteiger partial charge in [-0.15, -0.1) is 0 Å². The average molecular weight is 252 g/mol. The van der Waals surface area contributed by atoms with Crippen LogP contribution < -0.4 is 10.1 Å². The first kappa shape index (κ1) is 14.6. The summed E-state index contributed by atoms with van der Waals surface area (Å²) in [7, 11) is 1.63. The monoisotopic (exact) mass is 252 g/mol. The van der Waals surface area contributed by atoms with Crippen LogP contribution in [0.1, 0.15) is 23.7 Å². The molecule has 0 unspecified atom stereocenters. The summed E-state index contributed by atoms with van der Waals surface area (Å²) in [5, 5.41) is 3.00. The molecular weight excluding hydrogens is 232 g/mol. The van der Waals surface area contributed by atoms with E-state index in [4.69, 9.17) is 9.47 Å². The summed E-state index contributed by atoms with van der Waals surface area (Å²) in [6.45, 7) is 4.18. The number of hydrogen-bond acceptors (Lipinski definition) is 5. The minimum atomic E-state index is 0.000511. The lowest BCUT2D eigenvalue weighted by atomic mass is 10.2. The fourth-order valence-electron chi connectivity index (χ4n) is 1.35. The summed E-state index contributed by atoms with van der Waals surface area (Å²) in [4.78, 5) is 15.8. The van der Waals surface area contributed by atoms with Gasteiger partial charge in [0.2, 0.25) is 0 Å². The number of rotatable bonds is 9. The molecule has 0 atom stereocenters. The molecule has 1 heterocycles. The Hall–Kier alpha value is -1.46. The molecule has 0 aliphatic rings. The summed E-state index contributed by atoms with van der Waals surface area (Å²) in [6.07, 6.45) is 4.10. The van der Waals surface area contributed by atoms with Crippen molar-refractivity contribution >= 4 is 5.78 Å². The zero-order valence-electron chi connectivity index (χ0n) is 10.9. The van der Waals surface area contributed by atoms with Crippen LogP contribution in [0.3, 0.4) is 0 Å². The Balaban J connectivity index is 2.46. The number of Topliss-reactive ketones (excluding diaryl/α,β-unsaturated/α-hetero) is 1. The molecule has 0 aromatic carbocycles. The molecule has 0 saturated heterocycles. The van der Waals surface area contributed by atoms with Gasteiger partial charge in [0.25, 0.3) is 0 Å². The summed E-state index contributed by atoms with van der Waals surface area (Å²) in [6, 6.07) is 1.73. The van der Waals surface area contributed by atoms with Crippen molar-refractivity contribution in [2.24, 2.45) is 0 Å². The Morgan fingerprint density at radius 1 is 1.39 bits per heavy atom. The molecular formula is C13H20N2O3. The molecule has 1 rings (SSSR count). The third-order valence-corrected chi connectivity index (χ3v) is 2.28. The quantitative estimate of drug-likeness (QED) is 0.530. The number of aromatic nitrogens is 1. The van der Waals surface area contributed by atoms with Crippen molar-refractivity contribution < 1.29 is 14.3 Å². The Labute approximate surface area is 108 Å². The summed E-state index contributed by atoms with van der Waals surface area (Å²) in [5.74, 6) is 0.639. The maximum atomic E-state index is 11.8. The van der Waals surface area contributed by atoms with Crippen molar-refractivity contribution in [2.45, 2.75) is 13.3 Å². The lowest BCUT2D eigenvalue weighted by molar-refractivity contribution is 0.0986. The van der Waals surface area contributed by atoms with Gasteiger partial charge in [0.15, 0.2) is 5.78 Å². The van der Waals surface area contributed by atoms with Crippen molar-refractivity contribution in [1.82, 2.24) is 10.3 Å². The third kappa shape index (κ3) is 5.25. The van der Waals surface area contributed by atoms with E-state index in [0.717, 1.165) is 6.42 Å². The second-order valence-corrected chi connectivity index (χ2v) is 3.85. The van der Waals surface area contributed by atoms with Crippen LogP contribution in [0.15, 0.2) is 18.5 Å². The number of ketones is 1. The maximum Gasteiger partial charge on any atom is 0.178 e. The summed E-state index contributed by atoms with van der Waals surface area (Å²) >= 11 is 0. The molecule has 100 valence electrons. The van der Waals surface area contributed by atoms with Crippen LogP contribution in [0.5, 0.6) is 5.75 Å². The SMILES string of the molecule is CCCOc1cncc(C(=O)CNCCOC)c1. The molecule has 0 saturated carbocycles. The molecule has 0 bridgehead atoms. The number of ether oxygens (including phenoxy) is 2. The van der Waals surface area contributed by atoms with E-state index >= 15 is 0 Å². The molecule has 0 aliphatic heterocycles. The Bertz CT molecular complexity index is 369. The molecule has 1 aromatic rings. The lowest BCUT2D eigenvalue weighted by Crippen LogP contribution is -2.26. The van der Waals surface area contributed by atoms with Crippen LogP contribution in [-0.2, 0) is 4.74 Å². The van der Waals surface area contributed by atoms with Gasteiger partial charge in [0.05, 0.1) is 26.0 Å². The molecule has 0 fully saturated rings. The molecule has 0 spiro atoms. The third-order valence-electron chi connectivity index (χ3n) is 2.28. The Kier molecular flexibility index (Phi) is 6.98. The predicted molar refractivity (Wildman–Crippen MR) is 69.1 cm³/mol. The minimum Gasteiger partial charge on any atom is -0.492 e. The van der Waals surface area contributed by atoms with E-state index < -0.39 is 0 Å². The highest BCUT2D eigenvalue weighted by molar-refractivity contribution is 5.97. The maximum absolute atomic E-state index is 11.8. The topological polar surface area (TPSA) is 60.5 Å². The van der Waals surface area contributed by atoms with E-state index in [-0.39, 0.29) is 12.3 Å². The number of pyridine rings is 1. The van der Waals surface area contributed by atoms with Gasteiger partial charge in [-0.3, -0.25) is 9.78 Å². The number of carbonyl (C=O) groups excluding carboxylic acids is 1. The van der Waals surface area contributed by atoms with E-state index in [2.05, 4.69) is 10.3 Å². The molecule has 1 N–H and O–H groups in total. The molecule has 0 radical (unpaired) electrons.